The molecule has 0 bridgehead atoms. The van der Waals surface area contributed by atoms with E-state index in [1.165, 1.54) is 12.8 Å². The maximum Gasteiger partial charge on any atom is 0.319 e. The van der Waals surface area contributed by atoms with Gasteiger partial charge in [0.05, 0.1) is 17.6 Å². The molecular weight excluding hydrogens is 320 g/mol. The van der Waals surface area contributed by atoms with E-state index in [4.69, 9.17) is 4.74 Å². The normalized spacial score (nSPS) is 14.8. The van der Waals surface area contributed by atoms with E-state index in [1.54, 1.807) is 31.5 Å². The zero-order chi connectivity index (χ0) is 18.0. The minimum absolute atomic E-state index is 0.00309. The molecule has 0 spiro atoms. The van der Waals surface area contributed by atoms with Gasteiger partial charge >= 0.3 is 5.69 Å². The Balaban J connectivity index is 2.05. The Morgan fingerprint density at radius 3 is 2.68 bits per heavy atom. The minimum Gasteiger partial charge on any atom is -0.481 e. The van der Waals surface area contributed by atoms with E-state index in [2.05, 4.69) is 22.2 Å². The predicted molar refractivity (Wildman–Crippen MR) is 95.8 cm³/mol. The number of hydrogen-bond donors (Lipinski definition) is 1. The second-order valence-corrected chi connectivity index (χ2v) is 6.30. The van der Waals surface area contributed by atoms with Crippen molar-refractivity contribution in [2.45, 2.75) is 39.2 Å². The predicted octanol–water partition coefficient (Wildman–Crippen LogP) is 3.97. The van der Waals surface area contributed by atoms with E-state index >= 15 is 0 Å². The molecule has 1 N–H and O–H groups in total. The third kappa shape index (κ3) is 3.55. The van der Waals surface area contributed by atoms with Gasteiger partial charge in [-0.05, 0) is 44.2 Å². The minimum atomic E-state index is -0.367. The fourth-order valence-electron chi connectivity index (χ4n) is 3.13. The van der Waals surface area contributed by atoms with Crippen molar-refractivity contribution in [3.05, 3.63) is 40.2 Å². The number of nitrogens with one attached hydrogen (secondary N) is 1. The van der Waals surface area contributed by atoms with Crippen LogP contribution in [0.5, 0.6) is 5.88 Å². The molecular formula is C18H22N4O3. The number of nitrogens with zero attached hydrogens (tertiary/aromatic N) is 3. The zero-order valence-corrected chi connectivity index (χ0v) is 14.7. The highest BCUT2D eigenvalue weighted by molar-refractivity contribution is 5.81. The van der Waals surface area contributed by atoms with Gasteiger partial charge in [0.2, 0.25) is 11.7 Å². The standard InChI is InChI=1S/C18H22N4O3/c1-4-15(12-5-6-12)21-18-17(22(23)24)14(9-10-19-18)13-7-8-16(25-3)20-11(13)2/h7-10,12,15H,4-6H2,1-3H3,(H,19,21). The Morgan fingerprint density at radius 1 is 1.36 bits per heavy atom. The second kappa shape index (κ2) is 7.04. The fourth-order valence-corrected chi connectivity index (χ4v) is 3.13. The van der Waals surface area contributed by atoms with Crippen LogP contribution >= 0.6 is 0 Å². The third-order valence-electron chi connectivity index (χ3n) is 4.62. The summed E-state index contributed by atoms with van der Waals surface area (Å²) in [7, 11) is 1.54. The fraction of sp³-hybridized carbons (Fsp3) is 0.444. The van der Waals surface area contributed by atoms with Gasteiger partial charge < -0.3 is 10.1 Å². The molecule has 0 radical (unpaired) electrons. The molecule has 1 aliphatic carbocycles. The van der Waals surface area contributed by atoms with Crippen molar-refractivity contribution in [2.24, 2.45) is 5.92 Å². The van der Waals surface area contributed by atoms with E-state index in [0.29, 0.717) is 34.4 Å². The summed E-state index contributed by atoms with van der Waals surface area (Å²) >= 11 is 0. The third-order valence-corrected chi connectivity index (χ3v) is 4.62. The Morgan fingerprint density at radius 2 is 2.12 bits per heavy atom. The van der Waals surface area contributed by atoms with Gasteiger partial charge in [0.25, 0.3) is 0 Å². The monoisotopic (exact) mass is 342 g/mol. The molecule has 132 valence electrons. The summed E-state index contributed by atoms with van der Waals surface area (Å²) in [5.41, 5.74) is 1.89. The Kier molecular flexibility index (Phi) is 4.83. The number of hydrogen-bond acceptors (Lipinski definition) is 6. The molecule has 25 heavy (non-hydrogen) atoms. The molecule has 0 saturated heterocycles. The molecule has 2 aromatic rings. The van der Waals surface area contributed by atoms with Crippen molar-refractivity contribution in [1.82, 2.24) is 9.97 Å². The Hall–Kier alpha value is -2.70. The quantitative estimate of drug-likeness (QED) is 0.605. The van der Waals surface area contributed by atoms with E-state index < -0.39 is 0 Å². The molecule has 0 aromatic carbocycles. The van der Waals surface area contributed by atoms with Crippen LogP contribution in [0.25, 0.3) is 11.1 Å². The summed E-state index contributed by atoms with van der Waals surface area (Å²) in [6.07, 6.45) is 4.85. The molecule has 7 heteroatoms. The van der Waals surface area contributed by atoms with Crippen LogP contribution < -0.4 is 10.1 Å². The lowest BCUT2D eigenvalue weighted by Gasteiger charge is -2.18. The highest BCUT2D eigenvalue weighted by atomic mass is 16.6. The highest BCUT2D eigenvalue weighted by Crippen LogP contribution is 2.40. The number of aryl methyl sites for hydroxylation is 1. The number of anilines is 1. The topological polar surface area (TPSA) is 90.2 Å². The van der Waals surface area contributed by atoms with Gasteiger partial charge in [-0.1, -0.05) is 6.92 Å². The van der Waals surface area contributed by atoms with Crippen molar-refractivity contribution >= 4 is 11.5 Å². The molecule has 1 atom stereocenters. The molecule has 1 aliphatic rings. The summed E-state index contributed by atoms with van der Waals surface area (Å²) in [5, 5.41) is 15.1. The molecule has 0 amide bonds. The van der Waals surface area contributed by atoms with Crippen LogP contribution in [0, 0.1) is 23.0 Å². The second-order valence-electron chi connectivity index (χ2n) is 6.30. The Bertz CT molecular complexity index is 790. The maximum absolute atomic E-state index is 11.8. The first-order chi connectivity index (χ1) is 12.0. The zero-order valence-electron chi connectivity index (χ0n) is 14.7. The SMILES string of the molecule is CCC(Nc1nccc(-c2ccc(OC)nc2C)c1[N+](=O)[O-])C1CC1. The summed E-state index contributed by atoms with van der Waals surface area (Å²) in [6.45, 7) is 3.90. The molecule has 7 nitrogen and oxygen atoms in total. The van der Waals surface area contributed by atoms with E-state index in [1.807, 2.05) is 6.92 Å². The van der Waals surface area contributed by atoms with Gasteiger partial charge in [0.15, 0.2) is 0 Å². The molecule has 3 rings (SSSR count). The van der Waals surface area contributed by atoms with Gasteiger partial charge in [-0.3, -0.25) is 10.1 Å². The van der Waals surface area contributed by atoms with Crippen LogP contribution in [0.1, 0.15) is 31.9 Å². The van der Waals surface area contributed by atoms with Crippen LogP contribution in [0.4, 0.5) is 11.5 Å². The molecule has 1 unspecified atom stereocenters. The van der Waals surface area contributed by atoms with Crippen molar-refractivity contribution in [2.75, 3.05) is 12.4 Å². The molecule has 2 aromatic heterocycles. The Labute approximate surface area is 146 Å². The van der Waals surface area contributed by atoms with Crippen LogP contribution in [0.15, 0.2) is 24.4 Å². The first-order valence-electron chi connectivity index (χ1n) is 8.47. The maximum atomic E-state index is 11.8. The first-order valence-corrected chi connectivity index (χ1v) is 8.47. The molecule has 1 saturated carbocycles. The van der Waals surface area contributed by atoms with E-state index in [0.717, 1.165) is 6.42 Å². The summed E-state index contributed by atoms with van der Waals surface area (Å²) in [6, 6.07) is 5.39. The van der Waals surface area contributed by atoms with Gasteiger partial charge in [-0.15, -0.1) is 0 Å². The lowest BCUT2D eigenvalue weighted by atomic mass is 10.0. The van der Waals surface area contributed by atoms with Crippen molar-refractivity contribution in [1.29, 1.82) is 0 Å². The van der Waals surface area contributed by atoms with Gasteiger partial charge in [-0.25, -0.2) is 9.97 Å². The van der Waals surface area contributed by atoms with Gasteiger partial charge in [0.1, 0.15) is 0 Å². The summed E-state index contributed by atoms with van der Waals surface area (Å²) in [4.78, 5) is 20.0. The molecule has 2 heterocycles. The van der Waals surface area contributed by atoms with Gasteiger partial charge in [-0.2, -0.15) is 0 Å². The van der Waals surface area contributed by atoms with E-state index in [9.17, 15) is 10.1 Å². The number of nitro groups is 1. The highest BCUT2D eigenvalue weighted by Gasteiger charge is 2.32. The summed E-state index contributed by atoms with van der Waals surface area (Å²) in [5.74, 6) is 1.40. The lowest BCUT2D eigenvalue weighted by molar-refractivity contribution is -0.383. The molecule has 1 fully saturated rings. The van der Waals surface area contributed by atoms with Crippen LogP contribution in [0.3, 0.4) is 0 Å². The van der Waals surface area contributed by atoms with Crippen molar-refractivity contribution < 1.29 is 9.66 Å². The first kappa shape index (κ1) is 17.1. The van der Waals surface area contributed by atoms with Crippen LogP contribution in [-0.2, 0) is 0 Å². The van der Waals surface area contributed by atoms with Crippen LogP contribution in [0.2, 0.25) is 0 Å². The van der Waals surface area contributed by atoms with Crippen LogP contribution in [-0.4, -0.2) is 28.0 Å². The van der Waals surface area contributed by atoms with Gasteiger partial charge in [0, 0.05) is 29.6 Å². The lowest BCUT2D eigenvalue weighted by Crippen LogP contribution is -2.22. The smallest absolute Gasteiger partial charge is 0.319 e. The van der Waals surface area contributed by atoms with Crippen molar-refractivity contribution in [3.8, 4) is 17.0 Å². The average Bonchev–Trinajstić information content (AvgIpc) is 3.44. The number of aromatic nitrogens is 2. The number of rotatable bonds is 7. The average molecular weight is 342 g/mol. The number of pyridine rings is 2. The van der Waals surface area contributed by atoms with E-state index in [-0.39, 0.29) is 16.7 Å². The summed E-state index contributed by atoms with van der Waals surface area (Å²) < 4.78 is 5.12. The molecule has 0 aliphatic heterocycles. The van der Waals surface area contributed by atoms with Crippen molar-refractivity contribution in [3.63, 3.8) is 0 Å². The number of methoxy groups -OCH3 is 1. The number of ether oxygens (including phenoxy) is 1. The largest absolute Gasteiger partial charge is 0.481 e.